The van der Waals surface area contributed by atoms with E-state index in [1.807, 2.05) is 0 Å². The topological polar surface area (TPSA) is 3.24 Å². The summed E-state index contributed by atoms with van der Waals surface area (Å²) in [6.45, 7) is 25.9. The Morgan fingerprint density at radius 1 is 0.588 bits per heavy atom. The molecule has 0 radical (unpaired) electrons. The Morgan fingerprint density at radius 3 is 1.76 bits per heavy atom. The zero-order valence-corrected chi connectivity index (χ0v) is 23.2. The van der Waals surface area contributed by atoms with Gasteiger partial charge in [-0.1, -0.05) is 104 Å². The Bertz CT molecular complexity index is 1220. The SMILES string of the molecule is CC(C)(C)c1ccccc1N(c1ccc2c(c1C(C)(C)C)C(C)(C)c1ccccc1-2)C(C)(C)C. The molecule has 0 amide bonds. The third-order valence-corrected chi connectivity index (χ3v) is 7.31. The Kier molecular flexibility index (Phi) is 5.59. The van der Waals surface area contributed by atoms with Crippen LogP contribution >= 0.6 is 0 Å². The van der Waals surface area contributed by atoms with Crippen LogP contribution in [0.15, 0.2) is 60.7 Å². The highest BCUT2D eigenvalue weighted by atomic mass is 15.2. The lowest BCUT2D eigenvalue weighted by atomic mass is 9.72. The van der Waals surface area contributed by atoms with Crippen LogP contribution in [-0.2, 0) is 16.2 Å². The van der Waals surface area contributed by atoms with Gasteiger partial charge in [0.25, 0.3) is 0 Å². The van der Waals surface area contributed by atoms with Crippen LogP contribution in [0.1, 0.15) is 98.4 Å². The fourth-order valence-electron chi connectivity index (χ4n) is 5.96. The third kappa shape index (κ3) is 3.88. The van der Waals surface area contributed by atoms with Crippen LogP contribution in [0.4, 0.5) is 11.4 Å². The highest BCUT2D eigenvalue weighted by Gasteiger charge is 2.42. The van der Waals surface area contributed by atoms with Gasteiger partial charge in [0.1, 0.15) is 0 Å². The van der Waals surface area contributed by atoms with Gasteiger partial charge in [-0.25, -0.2) is 0 Å². The molecule has 4 rings (SSSR count). The molecule has 1 nitrogen and oxygen atoms in total. The van der Waals surface area contributed by atoms with Crippen LogP contribution in [0, 0.1) is 0 Å². The molecule has 0 atom stereocenters. The molecule has 0 spiro atoms. The van der Waals surface area contributed by atoms with Gasteiger partial charge in [0.05, 0.1) is 0 Å². The highest BCUT2D eigenvalue weighted by Crippen LogP contribution is 2.55. The molecule has 34 heavy (non-hydrogen) atoms. The number of nitrogens with zero attached hydrogens (tertiary/aromatic N) is 1. The second-order valence-electron chi connectivity index (χ2n) is 13.6. The summed E-state index contributed by atoms with van der Waals surface area (Å²) in [5.41, 5.74) is 11.1. The molecule has 1 aliphatic carbocycles. The molecule has 0 saturated heterocycles. The zero-order valence-electron chi connectivity index (χ0n) is 23.2. The van der Waals surface area contributed by atoms with Crippen LogP contribution in [0.5, 0.6) is 0 Å². The number of hydrogen-bond donors (Lipinski definition) is 0. The van der Waals surface area contributed by atoms with Gasteiger partial charge in [0.15, 0.2) is 0 Å². The zero-order chi connectivity index (χ0) is 25.3. The molecule has 0 saturated carbocycles. The van der Waals surface area contributed by atoms with Gasteiger partial charge in [-0.3, -0.25) is 0 Å². The Morgan fingerprint density at radius 2 is 1.18 bits per heavy atom. The number of benzene rings is 3. The van der Waals surface area contributed by atoms with E-state index in [0.29, 0.717) is 0 Å². The first-order valence-electron chi connectivity index (χ1n) is 12.7. The van der Waals surface area contributed by atoms with Crippen molar-refractivity contribution in [3.8, 4) is 11.1 Å². The van der Waals surface area contributed by atoms with Crippen molar-refractivity contribution in [2.45, 2.75) is 97.9 Å². The second kappa shape index (κ2) is 7.74. The molecule has 0 fully saturated rings. The van der Waals surface area contributed by atoms with E-state index in [9.17, 15) is 0 Å². The Labute approximate surface area is 208 Å². The van der Waals surface area contributed by atoms with Gasteiger partial charge >= 0.3 is 0 Å². The van der Waals surface area contributed by atoms with E-state index >= 15 is 0 Å². The molecule has 0 aromatic heterocycles. The molecule has 180 valence electrons. The van der Waals surface area contributed by atoms with E-state index in [1.165, 1.54) is 44.8 Å². The van der Waals surface area contributed by atoms with Crippen LogP contribution in [0.3, 0.4) is 0 Å². The van der Waals surface area contributed by atoms with Gasteiger partial charge in [0.2, 0.25) is 0 Å². The summed E-state index contributed by atoms with van der Waals surface area (Å²) in [7, 11) is 0. The lowest BCUT2D eigenvalue weighted by Crippen LogP contribution is -2.41. The fourth-order valence-corrected chi connectivity index (χ4v) is 5.96. The van der Waals surface area contributed by atoms with Crippen molar-refractivity contribution < 1.29 is 0 Å². The predicted octanol–water partition coefficient (Wildman–Crippen LogP) is 9.52. The monoisotopic (exact) mass is 453 g/mol. The summed E-state index contributed by atoms with van der Waals surface area (Å²) >= 11 is 0. The van der Waals surface area contributed by atoms with Gasteiger partial charge in [-0.05, 0) is 77.1 Å². The normalized spacial score (nSPS) is 15.1. The molecular formula is C33H43N. The van der Waals surface area contributed by atoms with Crippen molar-refractivity contribution in [2.24, 2.45) is 0 Å². The molecule has 1 aliphatic rings. The van der Waals surface area contributed by atoms with Gasteiger partial charge in [0, 0.05) is 22.3 Å². The van der Waals surface area contributed by atoms with Crippen LogP contribution in [-0.4, -0.2) is 5.54 Å². The minimum absolute atomic E-state index is 0.0137. The third-order valence-electron chi connectivity index (χ3n) is 7.31. The van der Waals surface area contributed by atoms with E-state index < -0.39 is 0 Å². The van der Waals surface area contributed by atoms with Gasteiger partial charge in [-0.15, -0.1) is 0 Å². The van der Waals surface area contributed by atoms with Crippen molar-refractivity contribution in [1.82, 2.24) is 0 Å². The largest absolute Gasteiger partial charge is 0.336 e. The molecule has 0 N–H and O–H groups in total. The Balaban J connectivity index is 2.11. The molecule has 1 heteroatoms. The van der Waals surface area contributed by atoms with Crippen molar-refractivity contribution in [3.63, 3.8) is 0 Å². The van der Waals surface area contributed by atoms with E-state index in [4.69, 9.17) is 0 Å². The molecular weight excluding hydrogens is 410 g/mol. The van der Waals surface area contributed by atoms with E-state index in [2.05, 4.69) is 142 Å². The summed E-state index contributed by atoms with van der Waals surface area (Å²) in [6, 6.07) is 22.7. The second-order valence-corrected chi connectivity index (χ2v) is 13.6. The standard InChI is InChI=1S/C33H43N/c1-30(2,3)25-18-14-15-19-26(25)34(32(7,8)9)27-21-20-23-22-16-12-13-17-24(22)33(10,11)28(23)29(27)31(4,5)6/h12-21H,1-11H3. The molecule has 0 bridgehead atoms. The molecule has 3 aromatic carbocycles. The molecule has 0 unspecified atom stereocenters. The summed E-state index contributed by atoms with van der Waals surface area (Å²) in [5.74, 6) is 0. The molecule has 0 heterocycles. The number of anilines is 2. The summed E-state index contributed by atoms with van der Waals surface area (Å²) < 4.78 is 0. The lowest BCUT2D eigenvalue weighted by Gasteiger charge is -2.44. The first kappa shape index (κ1) is 24.6. The van der Waals surface area contributed by atoms with Crippen LogP contribution in [0.25, 0.3) is 11.1 Å². The van der Waals surface area contributed by atoms with Gasteiger partial charge < -0.3 is 4.90 Å². The summed E-state index contributed by atoms with van der Waals surface area (Å²) in [6.07, 6.45) is 0. The number of para-hydroxylation sites is 1. The number of rotatable bonds is 2. The summed E-state index contributed by atoms with van der Waals surface area (Å²) in [4.78, 5) is 2.60. The van der Waals surface area contributed by atoms with Crippen molar-refractivity contribution >= 4 is 11.4 Å². The highest BCUT2D eigenvalue weighted by molar-refractivity contribution is 5.87. The maximum absolute atomic E-state index is 2.60. The lowest BCUT2D eigenvalue weighted by molar-refractivity contribution is 0.524. The first-order chi connectivity index (χ1) is 15.6. The quantitative estimate of drug-likeness (QED) is 0.373. The smallest absolute Gasteiger partial charge is 0.0457 e. The molecule has 3 aromatic rings. The van der Waals surface area contributed by atoms with Crippen molar-refractivity contribution in [3.05, 3.63) is 82.9 Å². The fraction of sp³-hybridized carbons (Fsp3) is 0.455. The van der Waals surface area contributed by atoms with Crippen LogP contribution in [0.2, 0.25) is 0 Å². The maximum atomic E-state index is 2.60. The number of hydrogen-bond acceptors (Lipinski definition) is 1. The minimum Gasteiger partial charge on any atom is -0.336 e. The molecule has 0 aliphatic heterocycles. The van der Waals surface area contributed by atoms with Gasteiger partial charge in [-0.2, -0.15) is 0 Å². The maximum Gasteiger partial charge on any atom is 0.0457 e. The van der Waals surface area contributed by atoms with Crippen molar-refractivity contribution in [2.75, 3.05) is 4.90 Å². The Hall–Kier alpha value is -2.54. The minimum atomic E-state index is -0.0921. The predicted molar refractivity (Wildman–Crippen MR) is 150 cm³/mol. The number of fused-ring (bicyclic) bond motifs is 3. The summed E-state index contributed by atoms with van der Waals surface area (Å²) in [5, 5.41) is 0. The average molecular weight is 454 g/mol. The van der Waals surface area contributed by atoms with Crippen LogP contribution < -0.4 is 4.90 Å². The first-order valence-corrected chi connectivity index (χ1v) is 12.7. The van der Waals surface area contributed by atoms with E-state index in [-0.39, 0.29) is 21.8 Å². The van der Waals surface area contributed by atoms with Crippen molar-refractivity contribution in [1.29, 1.82) is 0 Å². The van der Waals surface area contributed by atoms with E-state index in [1.54, 1.807) is 0 Å². The average Bonchev–Trinajstić information content (AvgIpc) is 2.93. The van der Waals surface area contributed by atoms with E-state index in [0.717, 1.165) is 0 Å².